The van der Waals surface area contributed by atoms with Crippen LogP contribution in [0.25, 0.3) is 0 Å². The van der Waals surface area contributed by atoms with Crippen molar-refractivity contribution in [3.63, 3.8) is 0 Å². The Morgan fingerprint density at radius 1 is 0.800 bits per heavy atom. The lowest BCUT2D eigenvalue weighted by atomic mass is 9.91. The third kappa shape index (κ3) is 6.17. The summed E-state index contributed by atoms with van der Waals surface area (Å²) in [6.45, 7) is 11.2. The normalized spacial score (nSPS) is 11.9. The van der Waals surface area contributed by atoms with E-state index in [2.05, 4.69) is 24.5 Å². The van der Waals surface area contributed by atoms with E-state index in [1.807, 2.05) is 26.0 Å². The number of amides is 2. The maximum atomic E-state index is 12.7. The highest BCUT2D eigenvalue weighted by atomic mass is 16.5. The van der Waals surface area contributed by atoms with Gasteiger partial charge in [-0.15, -0.1) is 0 Å². The number of carbonyl (C=O) groups is 3. The molecular weight excluding hydrogens is 380 g/mol. The molecule has 0 aromatic heterocycles. The number of nitrogens with one attached hydrogen (secondary N) is 2. The summed E-state index contributed by atoms with van der Waals surface area (Å²) in [6, 6.07) is 12.4. The first kappa shape index (κ1) is 23.1. The van der Waals surface area contributed by atoms with Gasteiger partial charge in [0.25, 0.3) is 5.91 Å². The summed E-state index contributed by atoms with van der Waals surface area (Å²) in [5.41, 5.74) is 3.72. The van der Waals surface area contributed by atoms with E-state index < -0.39 is 18.0 Å². The monoisotopic (exact) mass is 410 g/mol. The van der Waals surface area contributed by atoms with Gasteiger partial charge in [0.05, 0.1) is 5.56 Å². The Morgan fingerprint density at radius 2 is 1.37 bits per heavy atom. The molecule has 2 aromatic carbocycles. The van der Waals surface area contributed by atoms with Gasteiger partial charge in [0, 0.05) is 18.3 Å². The van der Waals surface area contributed by atoms with Gasteiger partial charge in [0.15, 0.2) is 6.10 Å². The first-order valence-corrected chi connectivity index (χ1v) is 10.1. The van der Waals surface area contributed by atoms with Crippen LogP contribution in [-0.4, -0.2) is 23.9 Å². The van der Waals surface area contributed by atoms with Crippen molar-refractivity contribution in [2.45, 2.75) is 59.5 Å². The third-order valence-corrected chi connectivity index (χ3v) is 4.71. The number of carbonyl (C=O) groups excluding carboxylic acids is 3. The Labute approximate surface area is 178 Å². The average Bonchev–Trinajstić information content (AvgIpc) is 2.68. The number of benzene rings is 2. The zero-order valence-corrected chi connectivity index (χ0v) is 18.4. The Bertz CT molecular complexity index is 917. The molecule has 1 atom stereocenters. The Morgan fingerprint density at radius 3 is 1.87 bits per heavy atom. The smallest absolute Gasteiger partial charge is 0.339 e. The van der Waals surface area contributed by atoms with Gasteiger partial charge in [-0.1, -0.05) is 39.8 Å². The predicted octanol–water partition coefficient (Wildman–Crippen LogP) is 5.08. The highest BCUT2D eigenvalue weighted by Crippen LogP contribution is 2.26. The quantitative estimate of drug-likeness (QED) is 0.624. The van der Waals surface area contributed by atoms with E-state index in [4.69, 9.17) is 4.74 Å². The van der Waals surface area contributed by atoms with Crippen LogP contribution >= 0.6 is 0 Å². The lowest BCUT2D eigenvalue weighted by Gasteiger charge is -2.18. The van der Waals surface area contributed by atoms with Gasteiger partial charge >= 0.3 is 5.97 Å². The molecular formula is C24H30N2O4. The van der Waals surface area contributed by atoms with E-state index >= 15 is 0 Å². The van der Waals surface area contributed by atoms with Gasteiger partial charge in [-0.05, 0) is 60.2 Å². The zero-order valence-electron chi connectivity index (χ0n) is 18.4. The van der Waals surface area contributed by atoms with Crippen LogP contribution in [0.2, 0.25) is 0 Å². The number of hydrogen-bond acceptors (Lipinski definition) is 4. The maximum absolute atomic E-state index is 12.7. The van der Waals surface area contributed by atoms with Crippen LogP contribution in [0, 0.1) is 0 Å². The number of ether oxygens (including phenoxy) is 1. The van der Waals surface area contributed by atoms with Crippen molar-refractivity contribution >= 4 is 29.2 Å². The molecule has 160 valence electrons. The molecule has 0 saturated heterocycles. The zero-order chi connectivity index (χ0) is 22.4. The molecule has 2 amide bonds. The SMILES string of the molecule is CC(=O)Nc1ccc(NC(=O)[C@@H](C)OC(=O)c2ccc(C(C)C)cc2C(C)C)cc1. The van der Waals surface area contributed by atoms with Crippen LogP contribution in [0.4, 0.5) is 11.4 Å². The fourth-order valence-electron chi connectivity index (χ4n) is 2.97. The Kier molecular flexibility index (Phi) is 7.75. The van der Waals surface area contributed by atoms with Crippen LogP contribution in [-0.2, 0) is 14.3 Å². The van der Waals surface area contributed by atoms with E-state index in [0.29, 0.717) is 22.9 Å². The molecule has 0 spiro atoms. The van der Waals surface area contributed by atoms with E-state index in [9.17, 15) is 14.4 Å². The van der Waals surface area contributed by atoms with Crippen LogP contribution in [0.1, 0.15) is 74.9 Å². The summed E-state index contributed by atoms with van der Waals surface area (Å²) >= 11 is 0. The van der Waals surface area contributed by atoms with Crippen molar-refractivity contribution in [3.05, 3.63) is 59.2 Å². The first-order chi connectivity index (χ1) is 14.1. The van der Waals surface area contributed by atoms with Gasteiger partial charge in [0.1, 0.15) is 0 Å². The van der Waals surface area contributed by atoms with Gasteiger partial charge in [-0.25, -0.2) is 4.79 Å². The van der Waals surface area contributed by atoms with Crippen molar-refractivity contribution < 1.29 is 19.1 Å². The summed E-state index contributed by atoms with van der Waals surface area (Å²) in [6.07, 6.45) is -0.961. The van der Waals surface area contributed by atoms with E-state index in [0.717, 1.165) is 11.1 Å². The van der Waals surface area contributed by atoms with Crippen LogP contribution < -0.4 is 10.6 Å². The molecule has 2 rings (SSSR count). The minimum Gasteiger partial charge on any atom is -0.449 e. The molecule has 2 aromatic rings. The van der Waals surface area contributed by atoms with Crippen LogP contribution in [0.15, 0.2) is 42.5 Å². The molecule has 0 heterocycles. The molecule has 0 saturated carbocycles. The molecule has 6 heteroatoms. The minimum absolute atomic E-state index is 0.150. The lowest BCUT2D eigenvalue weighted by Crippen LogP contribution is -2.30. The van der Waals surface area contributed by atoms with Crippen molar-refractivity contribution in [1.29, 1.82) is 0 Å². The topological polar surface area (TPSA) is 84.5 Å². The molecule has 0 aliphatic heterocycles. The number of rotatable bonds is 7. The summed E-state index contributed by atoms with van der Waals surface area (Å²) in [5, 5.41) is 5.37. The van der Waals surface area contributed by atoms with Crippen LogP contribution in [0.3, 0.4) is 0 Å². The second kappa shape index (κ2) is 10.1. The Hall–Kier alpha value is -3.15. The van der Waals surface area contributed by atoms with Crippen LogP contribution in [0.5, 0.6) is 0 Å². The first-order valence-electron chi connectivity index (χ1n) is 10.1. The van der Waals surface area contributed by atoms with E-state index in [1.54, 1.807) is 30.3 Å². The van der Waals surface area contributed by atoms with Crippen molar-refractivity contribution in [2.75, 3.05) is 10.6 Å². The standard InChI is InChI=1S/C24H30N2O4/c1-14(2)18-7-12-21(22(13-18)15(3)4)24(29)30-16(5)23(28)26-20-10-8-19(9-11-20)25-17(6)27/h7-16H,1-6H3,(H,25,27)(H,26,28)/t16-/m1/s1. The second-order valence-corrected chi connectivity index (χ2v) is 7.95. The molecule has 0 bridgehead atoms. The summed E-state index contributed by atoms with van der Waals surface area (Å²) in [7, 11) is 0. The second-order valence-electron chi connectivity index (χ2n) is 7.95. The van der Waals surface area contributed by atoms with E-state index in [1.165, 1.54) is 13.8 Å². The van der Waals surface area contributed by atoms with Gasteiger partial charge < -0.3 is 15.4 Å². The number of hydrogen-bond donors (Lipinski definition) is 2. The molecule has 0 unspecified atom stereocenters. The fourth-order valence-corrected chi connectivity index (χ4v) is 2.97. The number of anilines is 2. The van der Waals surface area contributed by atoms with Gasteiger partial charge in [-0.3, -0.25) is 9.59 Å². The minimum atomic E-state index is -0.961. The van der Waals surface area contributed by atoms with E-state index in [-0.39, 0.29) is 11.8 Å². The fraction of sp³-hybridized carbons (Fsp3) is 0.375. The molecule has 0 fully saturated rings. The predicted molar refractivity (Wildman–Crippen MR) is 119 cm³/mol. The van der Waals surface area contributed by atoms with Crippen molar-refractivity contribution in [1.82, 2.24) is 0 Å². The number of esters is 1. The summed E-state index contributed by atoms with van der Waals surface area (Å²) in [4.78, 5) is 36.2. The molecule has 0 aliphatic carbocycles. The lowest BCUT2D eigenvalue weighted by molar-refractivity contribution is -0.123. The summed E-state index contributed by atoms with van der Waals surface area (Å²) < 4.78 is 5.43. The summed E-state index contributed by atoms with van der Waals surface area (Å²) in [5.74, 6) is -0.612. The highest BCUT2D eigenvalue weighted by Gasteiger charge is 2.22. The average molecular weight is 411 g/mol. The maximum Gasteiger partial charge on any atom is 0.339 e. The molecule has 30 heavy (non-hydrogen) atoms. The van der Waals surface area contributed by atoms with Gasteiger partial charge in [0.2, 0.25) is 5.91 Å². The Balaban J connectivity index is 2.06. The van der Waals surface area contributed by atoms with Crippen molar-refractivity contribution in [3.8, 4) is 0 Å². The van der Waals surface area contributed by atoms with Gasteiger partial charge in [-0.2, -0.15) is 0 Å². The molecule has 0 radical (unpaired) electrons. The largest absolute Gasteiger partial charge is 0.449 e. The molecule has 6 nitrogen and oxygen atoms in total. The molecule has 2 N–H and O–H groups in total. The highest BCUT2D eigenvalue weighted by molar-refractivity contribution is 5.98. The van der Waals surface area contributed by atoms with Crippen molar-refractivity contribution in [2.24, 2.45) is 0 Å². The third-order valence-electron chi connectivity index (χ3n) is 4.71. The molecule has 0 aliphatic rings.